The molecule has 0 aliphatic heterocycles. The smallest absolute Gasteiger partial charge is 0.216 e. The summed E-state index contributed by atoms with van der Waals surface area (Å²) < 4.78 is 22.1. The summed E-state index contributed by atoms with van der Waals surface area (Å²) in [6.45, 7) is 0. The van der Waals surface area contributed by atoms with E-state index in [-0.39, 0.29) is 5.75 Å². The predicted octanol–water partition coefficient (Wildman–Crippen LogP) is 1.24. The fraction of sp³-hybridized carbons (Fsp3) is 0.286. The summed E-state index contributed by atoms with van der Waals surface area (Å²) in [7, 11) is 2.84. The van der Waals surface area contributed by atoms with Crippen molar-refractivity contribution in [1.82, 2.24) is 4.98 Å². The van der Waals surface area contributed by atoms with E-state index in [2.05, 4.69) is 4.98 Å². The van der Waals surface area contributed by atoms with Gasteiger partial charge >= 0.3 is 0 Å². The Kier molecular flexibility index (Phi) is 2.25. The number of hydrogen-bond donors (Lipinski definition) is 0. The molecule has 0 spiro atoms. The fourth-order valence-corrected chi connectivity index (χ4v) is 0.670. The molecule has 1 rings (SSSR count). The van der Waals surface area contributed by atoms with Crippen molar-refractivity contribution in [2.45, 2.75) is 0 Å². The van der Waals surface area contributed by atoms with Crippen LogP contribution in [-0.2, 0) is 0 Å². The highest BCUT2D eigenvalue weighted by Crippen LogP contribution is 2.19. The third-order valence-electron chi connectivity index (χ3n) is 1.22. The minimum absolute atomic E-state index is 0.136. The van der Waals surface area contributed by atoms with Crippen molar-refractivity contribution in [3.8, 4) is 11.6 Å². The first-order valence-corrected chi connectivity index (χ1v) is 3.01. The van der Waals surface area contributed by atoms with Crippen LogP contribution in [0.4, 0.5) is 4.39 Å². The van der Waals surface area contributed by atoms with Gasteiger partial charge < -0.3 is 9.47 Å². The molecule has 0 amide bonds. The van der Waals surface area contributed by atoms with E-state index in [1.165, 1.54) is 20.3 Å². The molecule has 0 fully saturated rings. The first-order chi connectivity index (χ1) is 5.27. The van der Waals surface area contributed by atoms with E-state index < -0.39 is 5.82 Å². The van der Waals surface area contributed by atoms with Gasteiger partial charge in [-0.1, -0.05) is 0 Å². The molecule has 0 aliphatic carbocycles. The number of aromatic nitrogens is 1. The van der Waals surface area contributed by atoms with Crippen molar-refractivity contribution in [2.24, 2.45) is 0 Å². The molecule has 0 saturated carbocycles. The van der Waals surface area contributed by atoms with Crippen LogP contribution in [-0.4, -0.2) is 19.2 Å². The molecule has 1 heterocycles. The van der Waals surface area contributed by atoms with Gasteiger partial charge in [0, 0.05) is 6.07 Å². The van der Waals surface area contributed by atoms with Crippen LogP contribution in [0.2, 0.25) is 0 Å². The summed E-state index contributed by atoms with van der Waals surface area (Å²) in [6, 6.07) is 1.38. The minimum Gasteiger partial charge on any atom is -0.493 e. The van der Waals surface area contributed by atoms with Crippen molar-refractivity contribution >= 4 is 0 Å². The first-order valence-electron chi connectivity index (χ1n) is 3.01. The standard InChI is InChI=1S/C7H8FNO2/c1-10-6-3-7(11-2)9-4-5(6)8/h3-4H,1-2H3. The monoisotopic (exact) mass is 157 g/mol. The molecular weight excluding hydrogens is 149 g/mol. The van der Waals surface area contributed by atoms with Gasteiger partial charge in [0.15, 0.2) is 11.6 Å². The number of ether oxygens (including phenoxy) is 2. The van der Waals surface area contributed by atoms with Crippen molar-refractivity contribution < 1.29 is 13.9 Å². The lowest BCUT2D eigenvalue weighted by Gasteiger charge is -2.02. The summed E-state index contributed by atoms with van der Waals surface area (Å²) in [5.74, 6) is -0.0200. The molecule has 0 unspecified atom stereocenters. The largest absolute Gasteiger partial charge is 0.493 e. The topological polar surface area (TPSA) is 31.4 Å². The van der Waals surface area contributed by atoms with Crippen molar-refractivity contribution in [3.05, 3.63) is 18.1 Å². The van der Waals surface area contributed by atoms with Gasteiger partial charge in [-0.2, -0.15) is 0 Å². The van der Waals surface area contributed by atoms with Crippen LogP contribution in [0.1, 0.15) is 0 Å². The highest BCUT2D eigenvalue weighted by atomic mass is 19.1. The second kappa shape index (κ2) is 3.18. The first kappa shape index (κ1) is 7.78. The molecule has 0 aromatic carbocycles. The maximum absolute atomic E-state index is 12.7. The minimum atomic E-state index is -0.492. The van der Waals surface area contributed by atoms with E-state index >= 15 is 0 Å². The van der Waals surface area contributed by atoms with E-state index in [1.807, 2.05) is 0 Å². The van der Waals surface area contributed by atoms with Crippen LogP contribution in [0.5, 0.6) is 11.6 Å². The summed E-state index contributed by atoms with van der Waals surface area (Å²) in [5, 5.41) is 0. The van der Waals surface area contributed by atoms with Gasteiger partial charge in [0.1, 0.15) is 0 Å². The Bertz CT molecular complexity index is 252. The summed E-state index contributed by atoms with van der Waals surface area (Å²) in [6.07, 6.45) is 1.05. The summed E-state index contributed by atoms with van der Waals surface area (Å²) in [5.41, 5.74) is 0. The van der Waals surface area contributed by atoms with E-state index in [0.717, 1.165) is 6.20 Å². The van der Waals surface area contributed by atoms with E-state index in [1.54, 1.807) is 0 Å². The van der Waals surface area contributed by atoms with E-state index in [9.17, 15) is 4.39 Å². The second-order valence-corrected chi connectivity index (χ2v) is 1.86. The zero-order valence-electron chi connectivity index (χ0n) is 6.30. The van der Waals surface area contributed by atoms with Crippen molar-refractivity contribution in [1.29, 1.82) is 0 Å². The Morgan fingerprint density at radius 3 is 2.64 bits per heavy atom. The van der Waals surface area contributed by atoms with E-state index in [4.69, 9.17) is 9.47 Å². The fourth-order valence-electron chi connectivity index (χ4n) is 0.670. The Balaban J connectivity index is 3.02. The van der Waals surface area contributed by atoms with Gasteiger partial charge in [0.2, 0.25) is 5.88 Å². The number of nitrogens with zero attached hydrogens (tertiary/aromatic N) is 1. The number of methoxy groups -OCH3 is 2. The molecule has 0 aliphatic rings. The van der Waals surface area contributed by atoms with Gasteiger partial charge in [-0.25, -0.2) is 9.37 Å². The predicted molar refractivity (Wildman–Crippen MR) is 37.3 cm³/mol. The van der Waals surface area contributed by atoms with Crippen LogP contribution in [0, 0.1) is 5.82 Å². The van der Waals surface area contributed by atoms with Crippen LogP contribution in [0.15, 0.2) is 12.3 Å². The molecular formula is C7H8FNO2. The second-order valence-electron chi connectivity index (χ2n) is 1.86. The summed E-state index contributed by atoms with van der Waals surface area (Å²) >= 11 is 0. The highest BCUT2D eigenvalue weighted by molar-refractivity contribution is 5.27. The summed E-state index contributed by atoms with van der Waals surface area (Å²) in [4.78, 5) is 3.63. The number of hydrogen-bond acceptors (Lipinski definition) is 3. The van der Waals surface area contributed by atoms with Crippen LogP contribution in [0.25, 0.3) is 0 Å². The molecule has 0 N–H and O–H groups in total. The maximum Gasteiger partial charge on any atom is 0.216 e. The highest BCUT2D eigenvalue weighted by Gasteiger charge is 2.03. The lowest BCUT2D eigenvalue weighted by atomic mass is 10.4. The average Bonchev–Trinajstić information content (AvgIpc) is 2.05. The Hall–Kier alpha value is -1.32. The molecule has 0 bridgehead atoms. The Morgan fingerprint density at radius 2 is 2.09 bits per heavy atom. The molecule has 0 atom stereocenters. The van der Waals surface area contributed by atoms with Gasteiger partial charge in [0.05, 0.1) is 20.4 Å². The Morgan fingerprint density at radius 1 is 1.36 bits per heavy atom. The SMILES string of the molecule is COc1cc(OC)c(F)cn1. The molecule has 4 heteroatoms. The van der Waals surface area contributed by atoms with Gasteiger partial charge in [-0.3, -0.25) is 0 Å². The third kappa shape index (κ3) is 1.58. The molecule has 60 valence electrons. The molecule has 1 aromatic heterocycles. The molecule has 3 nitrogen and oxygen atoms in total. The number of pyridine rings is 1. The van der Waals surface area contributed by atoms with Gasteiger partial charge in [-0.15, -0.1) is 0 Å². The number of halogens is 1. The van der Waals surface area contributed by atoms with Crippen molar-refractivity contribution in [2.75, 3.05) is 14.2 Å². The van der Waals surface area contributed by atoms with Crippen LogP contribution >= 0.6 is 0 Å². The molecule has 0 radical (unpaired) electrons. The lowest BCUT2D eigenvalue weighted by Crippen LogP contribution is -1.92. The number of rotatable bonds is 2. The zero-order chi connectivity index (χ0) is 8.27. The molecule has 11 heavy (non-hydrogen) atoms. The molecule has 0 saturated heterocycles. The van der Waals surface area contributed by atoms with Gasteiger partial charge in [0.25, 0.3) is 0 Å². The quantitative estimate of drug-likeness (QED) is 0.647. The third-order valence-corrected chi connectivity index (χ3v) is 1.22. The maximum atomic E-state index is 12.7. The average molecular weight is 157 g/mol. The van der Waals surface area contributed by atoms with Crippen LogP contribution in [0.3, 0.4) is 0 Å². The Labute approximate surface area is 63.8 Å². The van der Waals surface area contributed by atoms with Crippen LogP contribution < -0.4 is 9.47 Å². The van der Waals surface area contributed by atoms with Crippen molar-refractivity contribution in [3.63, 3.8) is 0 Å². The lowest BCUT2D eigenvalue weighted by molar-refractivity contribution is 0.364. The zero-order valence-corrected chi connectivity index (χ0v) is 6.30. The normalized spacial score (nSPS) is 9.36. The van der Waals surface area contributed by atoms with Gasteiger partial charge in [-0.05, 0) is 0 Å². The molecule has 1 aromatic rings. The van der Waals surface area contributed by atoms with E-state index in [0.29, 0.717) is 5.88 Å².